The monoisotopic (exact) mass is 215 g/mol. The number of methoxy groups -OCH3 is 1. The normalized spacial score (nSPS) is 10.5. The fraction of sp³-hybridized carbons (Fsp3) is 0.500. The first-order chi connectivity index (χ1) is 7.24. The van der Waals surface area contributed by atoms with E-state index in [2.05, 4.69) is 0 Å². The smallest absolute Gasteiger partial charge is 0.250 e. The zero-order valence-electron chi connectivity index (χ0n) is 8.61. The van der Waals surface area contributed by atoms with Crippen LogP contribution in [0.5, 0.6) is 0 Å². The molecule has 0 aliphatic rings. The number of hydrogen-bond acceptors (Lipinski definition) is 3. The summed E-state index contributed by atoms with van der Waals surface area (Å²) in [5, 5.41) is 0. The Labute approximate surface area is 87.2 Å². The molecule has 0 aliphatic carbocycles. The summed E-state index contributed by atoms with van der Waals surface area (Å²) in [7, 11) is 1.58. The van der Waals surface area contributed by atoms with Crippen molar-refractivity contribution >= 4 is 0 Å². The van der Waals surface area contributed by atoms with Crippen LogP contribution in [0.15, 0.2) is 23.1 Å². The zero-order valence-corrected chi connectivity index (χ0v) is 8.61. The number of pyridine rings is 1. The molecule has 1 aromatic heterocycles. The Balaban J connectivity index is 2.37. The van der Waals surface area contributed by atoms with Crippen LogP contribution in [0, 0.1) is 5.82 Å². The largest absolute Gasteiger partial charge is 0.382 e. The van der Waals surface area contributed by atoms with Crippen molar-refractivity contribution in [3.05, 3.63) is 34.5 Å². The third-order valence-electron chi connectivity index (χ3n) is 1.86. The number of ether oxygens (including phenoxy) is 2. The van der Waals surface area contributed by atoms with Gasteiger partial charge in [-0.3, -0.25) is 4.79 Å². The molecule has 0 bridgehead atoms. The van der Waals surface area contributed by atoms with E-state index in [1.807, 2.05) is 0 Å². The van der Waals surface area contributed by atoms with Crippen molar-refractivity contribution < 1.29 is 13.9 Å². The van der Waals surface area contributed by atoms with Crippen LogP contribution < -0.4 is 5.56 Å². The summed E-state index contributed by atoms with van der Waals surface area (Å²) in [6.45, 7) is 1.70. The van der Waals surface area contributed by atoms with E-state index in [1.54, 1.807) is 7.11 Å². The van der Waals surface area contributed by atoms with Gasteiger partial charge in [-0.25, -0.2) is 4.39 Å². The Morgan fingerprint density at radius 1 is 1.33 bits per heavy atom. The number of hydrogen-bond donors (Lipinski definition) is 0. The average molecular weight is 215 g/mol. The molecular weight excluding hydrogens is 201 g/mol. The van der Waals surface area contributed by atoms with E-state index in [0.29, 0.717) is 26.4 Å². The molecule has 84 valence electrons. The van der Waals surface area contributed by atoms with E-state index in [0.717, 1.165) is 6.07 Å². The summed E-state index contributed by atoms with van der Waals surface area (Å²) in [5.74, 6) is -0.425. The molecule has 0 aliphatic heterocycles. The van der Waals surface area contributed by atoms with Gasteiger partial charge in [0, 0.05) is 25.9 Å². The van der Waals surface area contributed by atoms with Gasteiger partial charge in [0.1, 0.15) is 5.82 Å². The van der Waals surface area contributed by atoms with Crippen LogP contribution in [-0.4, -0.2) is 31.5 Å². The van der Waals surface area contributed by atoms with Gasteiger partial charge in [-0.1, -0.05) is 0 Å². The van der Waals surface area contributed by atoms with Crippen molar-refractivity contribution in [1.82, 2.24) is 4.57 Å². The predicted molar refractivity (Wildman–Crippen MR) is 53.4 cm³/mol. The third-order valence-corrected chi connectivity index (χ3v) is 1.86. The second-order valence-corrected chi connectivity index (χ2v) is 2.98. The molecule has 15 heavy (non-hydrogen) atoms. The second-order valence-electron chi connectivity index (χ2n) is 2.98. The average Bonchev–Trinajstić information content (AvgIpc) is 2.23. The Morgan fingerprint density at radius 2 is 2.13 bits per heavy atom. The molecule has 0 N–H and O–H groups in total. The summed E-state index contributed by atoms with van der Waals surface area (Å²) in [4.78, 5) is 11.2. The highest BCUT2D eigenvalue weighted by Crippen LogP contribution is 1.91. The van der Waals surface area contributed by atoms with Gasteiger partial charge in [-0.15, -0.1) is 0 Å². The van der Waals surface area contributed by atoms with Crippen molar-refractivity contribution in [2.45, 2.75) is 6.54 Å². The molecule has 1 aromatic rings. The van der Waals surface area contributed by atoms with Gasteiger partial charge in [-0.2, -0.15) is 0 Å². The van der Waals surface area contributed by atoms with Gasteiger partial charge in [0.25, 0.3) is 5.56 Å². The fourth-order valence-corrected chi connectivity index (χ4v) is 1.08. The lowest BCUT2D eigenvalue weighted by Crippen LogP contribution is -2.21. The van der Waals surface area contributed by atoms with Crippen LogP contribution >= 0.6 is 0 Å². The van der Waals surface area contributed by atoms with Crippen molar-refractivity contribution in [3.8, 4) is 0 Å². The van der Waals surface area contributed by atoms with Gasteiger partial charge in [0.15, 0.2) is 0 Å². The van der Waals surface area contributed by atoms with Gasteiger partial charge in [0.2, 0.25) is 0 Å². The molecule has 1 heterocycles. The van der Waals surface area contributed by atoms with Crippen LogP contribution in [0.25, 0.3) is 0 Å². The predicted octanol–water partition coefficient (Wildman–Crippen LogP) is 0.650. The lowest BCUT2D eigenvalue weighted by Gasteiger charge is -2.06. The SMILES string of the molecule is COCCOCCn1cc(F)ccc1=O. The van der Waals surface area contributed by atoms with Crippen molar-refractivity contribution in [2.75, 3.05) is 26.9 Å². The molecule has 1 rings (SSSR count). The van der Waals surface area contributed by atoms with Crippen molar-refractivity contribution in [2.24, 2.45) is 0 Å². The molecule has 0 amide bonds. The number of aromatic nitrogens is 1. The number of rotatable bonds is 6. The Hall–Kier alpha value is -1.20. The zero-order chi connectivity index (χ0) is 11.1. The van der Waals surface area contributed by atoms with Gasteiger partial charge in [0.05, 0.1) is 19.8 Å². The minimum absolute atomic E-state index is 0.230. The minimum Gasteiger partial charge on any atom is -0.382 e. The standard InChI is InChI=1S/C10H14FNO3/c1-14-6-7-15-5-4-12-8-9(11)2-3-10(12)13/h2-3,8H,4-7H2,1H3. The maximum Gasteiger partial charge on any atom is 0.250 e. The van der Waals surface area contributed by atoms with Gasteiger partial charge < -0.3 is 14.0 Å². The highest BCUT2D eigenvalue weighted by molar-refractivity contribution is 4.96. The maximum atomic E-state index is 12.8. The minimum atomic E-state index is -0.425. The van der Waals surface area contributed by atoms with Gasteiger partial charge >= 0.3 is 0 Å². The summed E-state index contributed by atoms with van der Waals surface area (Å²) < 4.78 is 24.0. The lowest BCUT2D eigenvalue weighted by molar-refractivity contribution is 0.0662. The summed E-state index contributed by atoms with van der Waals surface area (Å²) in [6, 6.07) is 2.34. The number of halogens is 1. The molecule has 4 nitrogen and oxygen atoms in total. The molecule has 0 unspecified atom stereocenters. The lowest BCUT2D eigenvalue weighted by atomic mass is 10.4. The molecule has 0 radical (unpaired) electrons. The topological polar surface area (TPSA) is 40.5 Å². The molecule has 0 aromatic carbocycles. The molecule has 0 spiro atoms. The van der Waals surface area contributed by atoms with E-state index in [4.69, 9.17) is 9.47 Å². The molecular formula is C10H14FNO3. The summed E-state index contributed by atoms with van der Waals surface area (Å²) in [6.07, 6.45) is 1.17. The molecule has 0 saturated heterocycles. The first-order valence-corrected chi connectivity index (χ1v) is 4.66. The van der Waals surface area contributed by atoms with E-state index < -0.39 is 5.82 Å². The molecule has 0 saturated carbocycles. The van der Waals surface area contributed by atoms with Crippen LogP contribution in [0.3, 0.4) is 0 Å². The first kappa shape index (κ1) is 11.9. The van der Waals surface area contributed by atoms with Crippen LogP contribution in [-0.2, 0) is 16.0 Å². The van der Waals surface area contributed by atoms with E-state index in [1.165, 1.54) is 16.8 Å². The summed E-state index contributed by atoms with van der Waals surface area (Å²) in [5.41, 5.74) is -0.230. The Morgan fingerprint density at radius 3 is 2.87 bits per heavy atom. The van der Waals surface area contributed by atoms with E-state index >= 15 is 0 Å². The van der Waals surface area contributed by atoms with Crippen molar-refractivity contribution in [3.63, 3.8) is 0 Å². The van der Waals surface area contributed by atoms with Crippen LogP contribution in [0.2, 0.25) is 0 Å². The third kappa shape index (κ3) is 4.22. The van der Waals surface area contributed by atoms with E-state index in [-0.39, 0.29) is 5.56 Å². The molecule has 0 fully saturated rings. The van der Waals surface area contributed by atoms with Gasteiger partial charge in [-0.05, 0) is 6.07 Å². The quantitative estimate of drug-likeness (QED) is 0.654. The maximum absolute atomic E-state index is 12.8. The number of nitrogens with zero attached hydrogens (tertiary/aromatic N) is 1. The first-order valence-electron chi connectivity index (χ1n) is 4.66. The molecule has 5 heteroatoms. The Bertz CT molecular complexity index is 351. The fourth-order valence-electron chi connectivity index (χ4n) is 1.08. The highest BCUT2D eigenvalue weighted by atomic mass is 19.1. The van der Waals surface area contributed by atoms with Crippen LogP contribution in [0.4, 0.5) is 4.39 Å². The highest BCUT2D eigenvalue weighted by Gasteiger charge is 1.97. The van der Waals surface area contributed by atoms with Crippen molar-refractivity contribution in [1.29, 1.82) is 0 Å². The molecule has 0 atom stereocenters. The summed E-state index contributed by atoms with van der Waals surface area (Å²) >= 11 is 0. The Kier molecular flexibility index (Phi) is 5.00. The van der Waals surface area contributed by atoms with E-state index in [9.17, 15) is 9.18 Å². The second kappa shape index (κ2) is 6.31. The van der Waals surface area contributed by atoms with Crippen LogP contribution in [0.1, 0.15) is 0 Å².